The molecular formula is C16H17F2N. The fourth-order valence-corrected chi connectivity index (χ4v) is 2.13. The minimum atomic E-state index is -0.239. The Morgan fingerprint density at radius 3 is 2.32 bits per heavy atom. The van der Waals surface area contributed by atoms with Gasteiger partial charge in [0, 0.05) is 11.7 Å². The fraction of sp³-hybridized carbons (Fsp3) is 0.250. The normalized spacial score (nSPS) is 12.2. The first-order valence-electron chi connectivity index (χ1n) is 6.31. The molecule has 3 heteroatoms. The molecule has 0 radical (unpaired) electrons. The van der Waals surface area contributed by atoms with Crippen LogP contribution in [0.2, 0.25) is 0 Å². The van der Waals surface area contributed by atoms with E-state index in [1.807, 2.05) is 19.9 Å². The molecule has 0 aromatic heterocycles. The van der Waals surface area contributed by atoms with E-state index in [0.29, 0.717) is 0 Å². The van der Waals surface area contributed by atoms with Crippen molar-refractivity contribution in [2.45, 2.75) is 26.3 Å². The number of aryl methyl sites for hydroxylation is 1. The lowest BCUT2D eigenvalue weighted by Crippen LogP contribution is -2.18. The lowest BCUT2D eigenvalue weighted by atomic mass is 10.1. The van der Waals surface area contributed by atoms with Gasteiger partial charge in [0.1, 0.15) is 11.6 Å². The molecular weight excluding hydrogens is 244 g/mol. The van der Waals surface area contributed by atoms with Crippen LogP contribution in [0.3, 0.4) is 0 Å². The highest BCUT2D eigenvalue weighted by Crippen LogP contribution is 2.16. The van der Waals surface area contributed by atoms with Gasteiger partial charge in [0.25, 0.3) is 0 Å². The second-order valence-electron chi connectivity index (χ2n) is 4.89. The Hall–Kier alpha value is -1.90. The molecule has 0 aliphatic heterocycles. The third-order valence-corrected chi connectivity index (χ3v) is 2.91. The van der Waals surface area contributed by atoms with Crippen molar-refractivity contribution in [3.8, 4) is 0 Å². The van der Waals surface area contributed by atoms with Crippen molar-refractivity contribution in [1.29, 1.82) is 0 Å². The molecule has 0 heterocycles. The monoisotopic (exact) mass is 261 g/mol. The van der Waals surface area contributed by atoms with Gasteiger partial charge in [0.2, 0.25) is 0 Å². The quantitative estimate of drug-likeness (QED) is 0.864. The average Bonchev–Trinajstić information content (AvgIpc) is 2.30. The lowest BCUT2D eigenvalue weighted by molar-refractivity contribution is 0.625. The number of halogens is 2. The molecule has 0 fully saturated rings. The second kappa shape index (κ2) is 5.83. The van der Waals surface area contributed by atoms with E-state index in [1.54, 1.807) is 12.1 Å². The minimum absolute atomic E-state index is 0.145. The molecule has 0 bridgehead atoms. The van der Waals surface area contributed by atoms with Crippen LogP contribution in [0.4, 0.5) is 14.5 Å². The Morgan fingerprint density at radius 1 is 1.00 bits per heavy atom. The number of hydrogen-bond acceptors (Lipinski definition) is 1. The maximum atomic E-state index is 13.3. The number of nitrogens with one attached hydrogen (secondary N) is 1. The summed E-state index contributed by atoms with van der Waals surface area (Å²) in [6, 6.07) is 11.5. The summed E-state index contributed by atoms with van der Waals surface area (Å²) in [5, 5.41) is 3.25. The zero-order valence-corrected chi connectivity index (χ0v) is 11.1. The highest BCUT2D eigenvalue weighted by molar-refractivity contribution is 5.46. The summed E-state index contributed by atoms with van der Waals surface area (Å²) in [5.41, 5.74) is 2.71. The van der Waals surface area contributed by atoms with Crippen LogP contribution < -0.4 is 5.32 Å². The van der Waals surface area contributed by atoms with Crippen molar-refractivity contribution < 1.29 is 8.78 Å². The van der Waals surface area contributed by atoms with E-state index in [9.17, 15) is 8.78 Å². The third-order valence-electron chi connectivity index (χ3n) is 2.91. The summed E-state index contributed by atoms with van der Waals surface area (Å²) < 4.78 is 26.1. The van der Waals surface area contributed by atoms with E-state index in [-0.39, 0.29) is 17.7 Å². The zero-order chi connectivity index (χ0) is 13.8. The van der Waals surface area contributed by atoms with Gasteiger partial charge in [-0.2, -0.15) is 0 Å². The number of benzene rings is 2. The molecule has 100 valence electrons. The van der Waals surface area contributed by atoms with E-state index in [1.165, 1.54) is 24.3 Å². The van der Waals surface area contributed by atoms with E-state index in [4.69, 9.17) is 0 Å². The largest absolute Gasteiger partial charge is 0.382 e. The predicted octanol–water partition coefficient (Wildman–Crippen LogP) is 4.32. The van der Waals surface area contributed by atoms with Crippen LogP contribution in [-0.4, -0.2) is 6.04 Å². The summed E-state index contributed by atoms with van der Waals surface area (Å²) in [5.74, 6) is -0.471. The van der Waals surface area contributed by atoms with E-state index < -0.39 is 0 Å². The molecule has 1 nitrogen and oxygen atoms in total. The van der Waals surface area contributed by atoms with Crippen LogP contribution in [0.5, 0.6) is 0 Å². The van der Waals surface area contributed by atoms with Gasteiger partial charge in [-0.25, -0.2) is 8.78 Å². The van der Waals surface area contributed by atoms with Crippen LogP contribution >= 0.6 is 0 Å². The van der Waals surface area contributed by atoms with Gasteiger partial charge in [-0.15, -0.1) is 0 Å². The van der Waals surface area contributed by atoms with Crippen LogP contribution in [0.15, 0.2) is 42.5 Å². The maximum absolute atomic E-state index is 13.3. The highest BCUT2D eigenvalue weighted by atomic mass is 19.1. The van der Waals surface area contributed by atoms with Crippen LogP contribution in [0.1, 0.15) is 18.1 Å². The SMILES string of the molecule is Cc1cc(F)cc(NC(C)Cc2ccc(F)cc2)c1. The zero-order valence-electron chi connectivity index (χ0n) is 11.1. The molecule has 1 atom stereocenters. The predicted molar refractivity (Wildman–Crippen MR) is 74.3 cm³/mol. The smallest absolute Gasteiger partial charge is 0.125 e. The molecule has 0 saturated carbocycles. The van der Waals surface area contributed by atoms with Crippen molar-refractivity contribution in [1.82, 2.24) is 0 Å². The Morgan fingerprint density at radius 2 is 1.68 bits per heavy atom. The van der Waals surface area contributed by atoms with Gasteiger partial charge < -0.3 is 5.32 Å². The summed E-state index contributed by atoms with van der Waals surface area (Å²) in [4.78, 5) is 0. The van der Waals surface area contributed by atoms with Gasteiger partial charge in [-0.05, 0) is 61.7 Å². The minimum Gasteiger partial charge on any atom is -0.382 e. The molecule has 2 rings (SSSR count). The maximum Gasteiger partial charge on any atom is 0.125 e. The highest BCUT2D eigenvalue weighted by Gasteiger charge is 2.05. The average molecular weight is 261 g/mol. The van der Waals surface area contributed by atoms with Gasteiger partial charge in [-0.3, -0.25) is 0 Å². The number of hydrogen-bond donors (Lipinski definition) is 1. The van der Waals surface area contributed by atoms with E-state index >= 15 is 0 Å². The van der Waals surface area contributed by atoms with Gasteiger partial charge >= 0.3 is 0 Å². The Kier molecular flexibility index (Phi) is 4.15. The fourth-order valence-electron chi connectivity index (χ4n) is 2.13. The first kappa shape index (κ1) is 13.5. The Balaban J connectivity index is 2.00. The summed E-state index contributed by atoms with van der Waals surface area (Å²) in [6.45, 7) is 3.88. The number of rotatable bonds is 4. The van der Waals surface area contributed by atoms with Crippen LogP contribution in [0, 0.1) is 18.6 Å². The first-order chi connectivity index (χ1) is 9.02. The molecule has 1 unspecified atom stereocenters. The molecule has 2 aromatic rings. The van der Waals surface area contributed by atoms with Gasteiger partial charge in [0.05, 0.1) is 0 Å². The van der Waals surface area contributed by atoms with Crippen LogP contribution in [0.25, 0.3) is 0 Å². The Labute approximate surface area is 112 Å². The van der Waals surface area contributed by atoms with E-state index in [0.717, 1.165) is 23.2 Å². The molecule has 19 heavy (non-hydrogen) atoms. The molecule has 0 saturated heterocycles. The molecule has 0 amide bonds. The van der Waals surface area contributed by atoms with Crippen LogP contribution in [-0.2, 0) is 6.42 Å². The van der Waals surface area contributed by atoms with Crippen molar-refractivity contribution >= 4 is 5.69 Å². The third kappa shape index (κ3) is 4.05. The Bertz CT molecular complexity index is 529. The summed E-state index contributed by atoms with van der Waals surface area (Å²) in [6.07, 6.45) is 0.760. The topological polar surface area (TPSA) is 12.0 Å². The summed E-state index contributed by atoms with van der Waals surface area (Å²) >= 11 is 0. The molecule has 0 aliphatic carbocycles. The lowest BCUT2D eigenvalue weighted by Gasteiger charge is -2.16. The van der Waals surface area contributed by atoms with Crippen molar-refractivity contribution in [3.05, 3.63) is 65.2 Å². The second-order valence-corrected chi connectivity index (χ2v) is 4.89. The standard InChI is InChI=1S/C16H17F2N/c1-11-7-15(18)10-16(8-11)19-12(2)9-13-3-5-14(17)6-4-13/h3-8,10,12,19H,9H2,1-2H3. The molecule has 2 aromatic carbocycles. The number of anilines is 1. The van der Waals surface area contributed by atoms with Crippen molar-refractivity contribution in [2.75, 3.05) is 5.32 Å². The van der Waals surface area contributed by atoms with Gasteiger partial charge in [0.15, 0.2) is 0 Å². The van der Waals surface area contributed by atoms with Crippen molar-refractivity contribution in [3.63, 3.8) is 0 Å². The first-order valence-corrected chi connectivity index (χ1v) is 6.31. The van der Waals surface area contributed by atoms with E-state index in [2.05, 4.69) is 5.32 Å². The summed E-state index contributed by atoms with van der Waals surface area (Å²) in [7, 11) is 0. The molecule has 0 spiro atoms. The molecule has 1 N–H and O–H groups in total. The van der Waals surface area contributed by atoms with Crippen molar-refractivity contribution in [2.24, 2.45) is 0 Å². The van der Waals surface area contributed by atoms with Gasteiger partial charge in [-0.1, -0.05) is 12.1 Å². The molecule has 0 aliphatic rings.